The summed E-state index contributed by atoms with van der Waals surface area (Å²) in [7, 11) is 0. The fraction of sp³-hybridized carbons (Fsp3) is 0.250. The molecule has 0 saturated heterocycles. The van der Waals surface area contributed by atoms with Gasteiger partial charge in [-0.05, 0) is 37.6 Å². The average Bonchev–Trinajstić information content (AvgIpc) is 2.50. The molecule has 2 aromatic rings. The molecule has 0 unspecified atom stereocenters. The SMILES string of the molecule is Cc1cc(C)n(NC(=O)[C@H]2COc3ccccc3O2)c(=O)c1. The second-order valence-corrected chi connectivity index (χ2v) is 5.19. The fourth-order valence-corrected chi connectivity index (χ4v) is 2.34. The van der Waals surface area contributed by atoms with E-state index in [-0.39, 0.29) is 12.2 Å². The first-order valence-corrected chi connectivity index (χ1v) is 6.94. The first-order chi connectivity index (χ1) is 10.5. The Kier molecular flexibility index (Phi) is 3.58. The minimum absolute atomic E-state index is 0.0997. The predicted octanol–water partition coefficient (Wildman–Crippen LogP) is 1.38. The van der Waals surface area contributed by atoms with Gasteiger partial charge in [0.05, 0.1) is 0 Å². The summed E-state index contributed by atoms with van der Waals surface area (Å²) in [6.45, 7) is 3.68. The number of nitrogens with one attached hydrogen (secondary N) is 1. The number of aromatic nitrogens is 1. The number of ether oxygens (including phenoxy) is 2. The normalized spacial score (nSPS) is 16.2. The molecule has 1 aromatic heterocycles. The molecule has 0 saturated carbocycles. The number of aryl methyl sites for hydroxylation is 2. The van der Waals surface area contributed by atoms with E-state index >= 15 is 0 Å². The molecular formula is C16H16N2O4. The Morgan fingerprint density at radius 2 is 1.95 bits per heavy atom. The van der Waals surface area contributed by atoms with Gasteiger partial charge >= 0.3 is 0 Å². The number of benzene rings is 1. The van der Waals surface area contributed by atoms with Crippen molar-refractivity contribution < 1.29 is 14.3 Å². The molecule has 6 nitrogen and oxygen atoms in total. The van der Waals surface area contributed by atoms with Crippen LogP contribution in [0.2, 0.25) is 0 Å². The third-order valence-electron chi connectivity index (χ3n) is 3.38. The molecule has 6 heteroatoms. The van der Waals surface area contributed by atoms with Crippen molar-refractivity contribution in [3.63, 3.8) is 0 Å². The zero-order chi connectivity index (χ0) is 15.7. The molecule has 1 aliphatic heterocycles. The Bertz CT molecular complexity index is 782. The zero-order valence-corrected chi connectivity index (χ0v) is 12.3. The third kappa shape index (κ3) is 2.67. The number of hydrogen-bond donors (Lipinski definition) is 1. The van der Waals surface area contributed by atoms with Crippen molar-refractivity contribution in [2.24, 2.45) is 0 Å². The highest BCUT2D eigenvalue weighted by molar-refractivity contribution is 5.88. The second-order valence-electron chi connectivity index (χ2n) is 5.19. The Hall–Kier alpha value is -2.76. The van der Waals surface area contributed by atoms with E-state index in [2.05, 4.69) is 5.43 Å². The highest BCUT2D eigenvalue weighted by atomic mass is 16.6. The van der Waals surface area contributed by atoms with Crippen LogP contribution in [0.15, 0.2) is 41.2 Å². The van der Waals surface area contributed by atoms with Gasteiger partial charge in [0, 0.05) is 11.8 Å². The molecule has 0 radical (unpaired) electrons. The first-order valence-electron chi connectivity index (χ1n) is 6.94. The summed E-state index contributed by atoms with van der Waals surface area (Å²) >= 11 is 0. The summed E-state index contributed by atoms with van der Waals surface area (Å²) in [6, 6.07) is 10.4. The number of fused-ring (bicyclic) bond motifs is 1. The van der Waals surface area contributed by atoms with Crippen LogP contribution in [0, 0.1) is 13.8 Å². The number of rotatable bonds is 2. The lowest BCUT2D eigenvalue weighted by atomic mass is 10.2. The smallest absolute Gasteiger partial charge is 0.283 e. The van der Waals surface area contributed by atoms with Crippen LogP contribution in [0.1, 0.15) is 11.3 Å². The van der Waals surface area contributed by atoms with Crippen molar-refractivity contribution in [1.82, 2.24) is 4.68 Å². The van der Waals surface area contributed by atoms with Crippen LogP contribution >= 0.6 is 0 Å². The number of pyridine rings is 1. The Morgan fingerprint density at radius 1 is 1.23 bits per heavy atom. The van der Waals surface area contributed by atoms with Crippen molar-refractivity contribution in [2.45, 2.75) is 20.0 Å². The highest BCUT2D eigenvalue weighted by Gasteiger charge is 2.27. The lowest BCUT2D eigenvalue weighted by Gasteiger charge is -2.26. The Balaban J connectivity index is 1.78. The van der Waals surface area contributed by atoms with Crippen LogP contribution in [-0.2, 0) is 4.79 Å². The summed E-state index contributed by atoms with van der Waals surface area (Å²) in [5, 5.41) is 0. The molecule has 2 heterocycles. The lowest BCUT2D eigenvalue weighted by molar-refractivity contribution is -0.126. The molecule has 0 fully saturated rings. The van der Waals surface area contributed by atoms with Crippen LogP contribution < -0.4 is 20.5 Å². The highest BCUT2D eigenvalue weighted by Crippen LogP contribution is 2.30. The quantitative estimate of drug-likeness (QED) is 0.909. The maximum Gasteiger partial charge on any atom is 0.283 e. The van der Waals surface area contributed by atoms with Gasteiger partial charge in [-0.25, -0.2) is 4.68 Å². The lowest BCUT2D eigenvalue weighted by Crippen LogP contribution is -2.45. The molecule has 22 heavy (non-hydrogen) atoms. The van der Waals surface area contributed by atoms with E-state index in [0.29, 0.717) is 17.2 Å². The molecule has 0 bridgehead atoms. The van der Waals surface area contributed by atoms with Gasteiger partial charge in [0.2, 0.25) is 6.10 Å². The van der Waals surface area contributed by atoms with E-state index in [1.54, 1.807) is 25.1 Å². The number of nitrogens with zero attached hydrogens (tertiary/aromatic N) is 1. The molecule has 3 rings (SSSR count). The molecular weight excluding hydrogens is 284 g/mol. The Labute approximate surface area is 127 Å². The van der Waals surface area contributed by atoms with Crippen LogP contribution in [0.4, 0.5) is 0 Å². The molecule has 1 aromatic carbocycles. The van der Waals surface area contributed by atoms with Crippen LogP contribution in [0.3, 0.4) is 0 Å². The fourth-order valence-electron chi connectivity index (χ4n) is 2.34. The maximum atomic E-state index is 12.3. The predicted molar refractivity (Wildman–Crippen MR) is 80.9 cm³/mol. The van der Waals surface area contributed by atoms with Gasteiger partial charge in [0.15, 0.2) is 11.5 Å². The summed E-state index contributed by atoms with van der Waals surface area (Å²) in [5.41, 5.74) is 3.77. The van der Waals surface area contributed by atoms with Gasteiger partial charge in [-0.1, -0.05) is 12.1 Å². The van der Waals surface area contributed by atoms with Crippen molar-refractivity contribution >= 4 is 5.91 Å². The van der Waals surface area contributed by atoms with Crippen molar-refractivity contribution in [3.8, 4) is 11.5 Å². The third-order valence-corrected chi connectivity index (χ3v) is 3.38. The van der Waals surface area contributed by atoms with Gasteiger partial charge in [-0.3, -0.25) is 15.0 Å². The van der Waals surface area contributed by atoms with Gasteiger partial charge in [0.25, 0.3) is 11.5 Å². The number of carbonyl (C=O) groups is 1. The standard InChI is InChI=1S/C16H16N2O4/c1-10-7-11(2)18(15(19)8-10)17-16(20)14-9-21-12-5-3-4-6-13(12)22-14/h3-8,14H,9H2,1-2H3,(H,17,20)/t14-/m1/s1. The van der Waals surface area contributed by atoms with E-state index in [9.17, 15) is 9.59 Å². The van der Waals surface area contributed by atoms with E-state index in [4.69, 9.17) is 9.47 Å². The van der Waals surface area contributed by atoms with Crippen molar-refractivity contribution in [3.05, 3.63) is 58.0 Å². The maximum absolute atomic E-state index is 12.3. The van der Waals surface area contributed by atoms with Crippen LogP contribution in [0.5, 0.6) is 11.5 Å². The largest absolute Gasteiger partial charge is 0.485 e. The molecule has 1 atom stereocenters. The topological polar surface area (TPSA) is 69.6 Å². The van der Waals surface area contributed by atoms with Gasteiger partial charge in [-0.15, -0.1) is 0 Å². The summed E-state index contributed by atoms with van der Waals surface area (Å²) in [4.78, 5) is 24.2. The number of hydrogen-bond acceptors (Lipinski definition) is 4. The summed E-state index contributed by atoms with van der Waals surface area (Å²) < 4.78 is 12.3. The average molecular weight is 300 g/mol. The van der Waals surface area contributed by atoms with Gasteiger partial charge in [0.1, 0.15) is 6.61 Å². The summed E-state index contributed by atoms with van der Waals surface area (Å²) in [5.74, 6) is 0.695. The van der Waals surface area contributed by atoms with Crippen molar-refractivity contribution in [2.75, 3.05) is 12.0 Å². The van der Waals surface area contributed by atoms with E-state index in [0.717, 1.165) is 5.56 Å². The van der Waals surface area contributed by atoms with E-state index in [1.165, 1.54) is 10.7 Å². The molecule has 1 amide bonds. The van der Waals surface area contributed by atoms with E-state index in [1.807, 2.05) is 19.1 Å². The molecule has 114 valence electrons. The van der Waals surface area contributed by atoms with Crippen LogP contribution in [-0.4, -0.2) is 23.3 Å². The number of para-hydroxylation sites is 2. The van der Waals surface area contributed by atoms with Crippen LogP contribution in [0.25, 0.3) is 0 Å². The minimum Gasteiger partial charge on any atom is -0.485 e. The van der Waals surface area contributed by atoms with Crippen molar-refractivity contribution in [1.29, 1.82) is 0 Å². The second kappa shape index (κ2) is 5.55. The molecule has 1 N–H and O–H groups in total. The first kappa shape index (κ1) is 14.2. The van der Waals surface area contributed by atoms with Gasteiger partial charge < -0.3 is 9.47 Å². The number of carbonyl (C=O) groups excluding carboxylic acids is 1. The molecule has 0 aliphatic carbocycles. The Morgan fingerprint density at radius 3 is 2.68 bits per heavy atom. The zero-order valence-electron chi connectivity index (χ0n) is 12.3. The van der Waals surface area contributed by atoms with Gasteiger partial charge in [-0.2, -0.15) is 0 Å². The number of amides is 1. The van der Waals surface area contributed by atoms with E-state index < -0.39 is 12.0 Å². The minimum atomic E-state index is -0.803. The summed E-state index contributed by atoms with van der Waals surface area (Å²) in [6.07, 6.45) is -0.803. The molecule has 0 spiro atoms. The monoisotopic (exact) mass is 300 g/mol. The molecule has 1 aliphatic rings.